The average Bonchev–Trinajstić information content (AvgIpc) is 3.19. The first-order valence-electron chi connectivity index (χ1n) is 10.7. The van der Waals surface area contributed by atoms with Gasteiger partial charge >= 0.3 is 0 Å². The summed E-state index contributed by atoms with van der Waals surface area (Å²) in [6, 6.07) is 16.6. The molecule has 3 N–H and O–H groups in total. The van der Waals surface area contributed by atoms with Crippen molar-refractivity contribution in [1.82, 2.24) is 9.88 Å². The van der Waals surface area contributed by atoms with E-state index >= 15 is 0 Å². The Bertz CT molecular complexity index is 1050. The Balaban J connectivity index is 1.81. The van der Waals surface area contributed by atoms with Gasteiger partial charge in [0.05, 0.1) is 12.7 Å². The molecule has 1 aliphatic rings. The van der Waals surface area contributed by atoms with Gasteiger partial charge in [-0.05, 0) is 55.2 Å². The number of methoxy groups -OCH3 is 1. The summed E-state index contributed by atoms with van der Waals surface area (Å²) in [6.07, 6.45) is 3.93. The van der Waals surface area contributed by atoms with Crippen LogP contribution in [0.15, 0.2) is 54.7 Å². The number of nitrogens with one attached hydrogen (secondary N) is 3. The Hall–Kier alpha value is -3.25. The minimum Gasteiger partial charge on any atom is -0.497 e. The van der Waals surface area contributed by atoms with Crippen molar-refractivity contribution in [2.75, 3.05) is 32.7 Å². The monoisotopic (exact) mass is 418 g/mol. The fraction of sp³-hybridized carbons (Fsp3) is 0.320. The van der Waals surface area contributed by atoms with Gasteiger partial charge in [-0.1, -0.05) is 24.3 Å². The highest BCUT2D eigenvalue weighted by Gasteiger charge is 2.24. The highest BCUT2D eigenvalue weighted by atomic mass is 16.5. The zero-order chi connectivity index (χ0) is 21.8. The number of nitrogens with zero attached hydrogens (tertiary/aromatic N) is 1. The van der Waals surface area contributed by atoms with E-state index in [1.165, 1.54) is 5.56 Å². The van der Waals surface area contributed by atoms with E-state index in [9.17, 15) is 0 Å². The van der Waals surface area contributed by atoms with Gasteiger partial charge in [0.1, 0.15) is 17.4 Å². The molecule has 1 aliphatic heterocycles. The van der Waals surface area contributed by atoms with Crippen molar-refractivity contribution in [2.24, 2.45) is 0 Å². The second kappa shape index (κ2) is 9.27. The molecule has 6 nitrogen and oxygen atoms in total. The van der Waals surface area contributed by atoms with Crippen molar-refractivity contribution >= 4 is 11.7 Å². The standard InChI is InChI=1S/C25H30N4O2/c1-17-5-4-6-20(15-17)29-16-22(18-7-9-21(30-3)10-8-18)23(25(29)27-2)24(26)28-19-11-13-31-14-12-19/h4-10,15-16,19,27H,11-14H2,1-3H3,(H2,26,28). The predicted octanol–water partition coefficient (Wildman–Crippen LogP) is 4.60. The van der Waals surface area contributed by atoms with Crippen LogP contribution in [0.5, 0.6) is 5.75 Å². The number of anilines is 1. The van der Waals surface area contributed by atoms with Crippen LogP contribution in [0.2, 0.25) is 0 Å². The summed E-state index contributed by atoms with van der Waals surface area (Å²) in [5.41, 5.74) is 5.15. The molecule has 2 heterocycles. The van der Waals surface area contributed by atoms with Gasteiger partial charge in [-0.15, -0.1) is 0 Å². The molecule has 0 bridgehead atoms. The Labute approximate surface area is 183 Å². The summed E-state index contributed by atoms with van der Waals surface area (Å²) in [7, 11) is 3.58. The van der Waals surface area contributed by atoms with Crippen molar-refractivity contribution in [3.63, 3.8) is 0 Å². The third kappa shape index (κ3) is 4.44. The largest absolute Gasteiger partial charge is 0.497 e. The van der Waals surface area contributed by atoms with Gasteiger partial charge in [0.25, 0.3) is 0 Å². The molecule has 6 heteroatoms. The number of hydrogen-bond donors (Lipinski definition) is 3. The molecule has 0 spiro atoms. The molecule has 0 unspecified atom stereocenters. The van der Waals surface area contributed by atoms with Crippen molar-refractivity contribution in [3.05, 3.63) is 65.9 Å². The molecule has 31 heavy (non-hydrogen) atoms. The SMILES string of the molecule is CNc1c(C(=N)NC2CCOCC2)c(-c2ccc(OC)cc2)cn1-c1cccc(C)c1. The molecule has 0 atom stereocenters. The lowest BCUT2D eigenvalue weighted by atomic mass is 10.0. The van der Waals surface area contributed by atoms with Crippen LogP contribution in [-0.4, -0.2) is 43.8 Å². The lowest BCUT2D eigenvalue weighted by molar-refractivity contribution is 0.0824. The van der Waals surface area contributed by atoms with E-state index < -0.39 is 0 Å². The second-order valence-electron chi connectivity index (χ2n) is 7.86. The van der Waals surface area contributed by atoms with E-state index in [0.717, 1.165) is 60.0 Å². The fourth-order valence-electron chi connectivity index (χ4n) is 4.09. The van der Waals surface area contributed by atoms with E-state index in [1.807, 2.05) is 31.3 Å². The average molecular weight is 419 g/mol. The normalized spacial score (nSPS) is 14.3. The first-order valence-corrected chi connectivity index (χ1v) is 10.7. The molecular weight excluding hydrogens is 388 g/mol. The Morgan fingerprint density at radius 2 is 1.87 bits per heavy atom. The quantitative estimate of drug-likeness (QED) is 0.404. The lowest BCUT2D eigenvalue weighted by Gasteiger charge is -2.25. The molecule has 1 aromatic heterocycles. The van der Waals surface area contributed by atoms with Gasteiger partial charge in [0, 0.05) is 43.8 Å². The number of hydrogen-bond acceptors (Lipinski definition) is 4. The molecule has 3 aromatic rings. The minimum atomic E-state index is 0.247. The highest BCUT2D eigenvalue weighted by molar-refractivity contribution is 6.07. The maximum atomic E-state index is 8.97. The summed E-state index contributed by atoms with van der Waals surface area (Å²) in [5.74, 6) is 2.13. The van der Waals surface area contributed by atoms with Gasteiger partial charge in [-0.3, -0.25) is 5.41 Å². The van der Waals surface area contributed by atoms with Crippen LogP contribution in [0.1, 0.15) is 24.0 Å². The van der Waals surface area contributed by atoms with Gasteiger partial charge in [-0.2, -0.15) is 0 Å². The molecule has 0 amide bonds. The third-order valence-corrected chi connectivity index (χ3v) is 5.74. The van der Waals surface area contributed by atoms with Crippen LogP contribution in [0.4, 0.5) is 5.82 Å². The summed E-state index contributed by atoms with van der Waals surface area (Å²) >= 11 is 0. The Kier molecular flexibility index (Phi) is 6.28. The number of aryl methyl sites for hydroxylation is 1. The Morgan fingerprint density at radius 1 is 1.13 bits per heavy atom. The molecule has 1 fully saturated rings. The second-order valence-corrected chi connectivity index (χ2v) is 7.86. The topological polar surface area (TPSA) is 71.3 Å². The highest BCUT2D eigenvalue weighted by Crippen LogP contribution is 2.35. The molecule has 1 saturated heterocycles. The van der Waals surface area contributed by atoms with Crippen LogP contribution in [0.3, 0.4) is 0 Å². The van der Waals surface area contributed by atoms with Crippen molar-refractivity contribution in [1.29, 1.82) is 5.41 Å². The molecular formula is C25H30N4O2. The van der Waals surface area contributed by atoms with Crippen molar-refractivity contribution in [2.45, 2.75) is 25.8 Å². The first-order chi connectivity index (χ1) is 15.1. The van der Waals surface area contributed by atoms with E-state index in [1.54, 1.807) is 7.11 Å². The fourth-order valence-corrected chi connectivity index (χ4v) is 4.09. The van der Waals surface area contributed by atoms with Gasteiger partial charge in [0.2, 0.25) is 0 Å². The maximum Gasteiger partial charge on any atom is 0.130 e. The Morgan fingerprint density at radius 3 is 2.52 bits per heavy atom. The summed E-state index contributed by atoms with van der Waals surface area (Å²) in [6.45, 7) is 3.56. The first kappa shape index (κ1) is 21.0. The number of amidine groups is 1. The van der Waals surface area contributed by atoms with Crippen LogP contribution in [0.25, 0.3) is 16.8 Å². The maximum absolute atomic E-state index is 8.97. The summed E-state index contributed by atoms with van der Waals surface area (Å²) in [4.78, 5) is 0. The van der Waals surface area contributed by atoms with E-state index in [-0.39, 0.29) is 6.04 Å². The van der Waals surface area contributed by atoms with E-state index in [0.29, 0.717) is 5.84 Å². The van der Waals surface area contributed by atoms with E-state index in [4.69, 9.17) is 14.9 Å². The molecule has 0 saturated carbocycles. The smallest absolute Gasteiger partial charge is 0.130 e. The minimum absolute atomic E-state index is 0.247. The lowest BCUT2D eigenvalue weighted by Crippen LogP contribution is -2.39. The zero-order valence-electron chi connectivity index (χ0n) is 18.4. The van der Waals surface area contributed by atoms with Crippen molar-refractivity contribution in [3.8, 4) is 22.6 Å². The molecule has 0 aliphatic carbocycles. The van der Waals surface area contributed by atoms with Crippen LogP contribution in [0, 0.1) is 12.3 Å². The number of ether oxygens (including phenoxy) is 2. The zero-order valence-corrected chi connectivity index (χ0v) is 18.4. The van der Waals surface area contributed by atoms with Crippen LogP contribution >= 0.6 is 0 Å². The number of aromatic nitrogens is 1. The number of benzene rings is 2. The summed E-state index contributed by atoms with van der Waals surface area (Å²) in [5, 5.41) is 15.8. The molecule has 0 radical (unpaired) electrons. The predicted molar refractivity (Wildman–Crippen MR) is 126 cm³/mol. The molecule has 4 rings (SSSR count). The van der Waals surface area contributed by atoms with Gasteiger partial charge < -0.3 is 24.7 Å². The van der Waals surface area contributed by atoms with Crippen LogP contribution < -0.4 is 15.4 Å². The van der Waals surface area contributed by atoms with Gasteiger partial charge in [0.15, 0.2) is 0 Å². The molecule has 162 valence electrons. The molecule has 2 aromatic carbocycles. The number of rotatable bonds is 6. The van der Waals surface area contributed by atoms with E-state index in [2.05, 4.69) is 52.6 Å². The van der Waals surface area contributed by atoms with Crippen molar-refractivity contribution < 1.29 is 9.47 Å². The van der Waals surface area contributed by atoms with Crippen LogP contribution in [-0.2, 0) is 4.74 Å². The third-order valence-electron chi connectivity index (χ3n) is 5.74. The summed E-state index contributed by atoms with van der Waals surface area (Å²) < 4.78 is 12.9. The van der Waals surface area contributed by atoms with Gasteiger partial charge in [-0.25, -0.2) is 0 Å².